The molecule has 0 bridgehead atoms. The quantitative estimate of drug-likeness (QED) is 0.669. The molecule has 158 valence electrons. The molecule has 0 aliphatic carbocycles. The summed E-state index contributed by atoms with van der Waals surface area (Å²) in [7, 11) is -1.31. The normalized spacial score (nSPS) is 12.3. The van der Waals surface area contributed by atoms with Crippen molar-refractivity contribution in [3.05, 3.63) is 53.8 Å². The minimum absolute atomic E-state index is 0.0814. The van der Waals surface area contributed by atoms with Crippen molar-refractivity contribution in [2.45, 2.75) is 24.8 Å². The van der Waals surface area contributed by atoms with Gasteiger partial charge in [-0.05, 0) is 55.8 Å². The number of methoxy groups -OCH3 is 2. The van der Waals surface area contributed by atoms with E-state index in [1.54, 1.807) is 26.0 Å². The predicted molar refractivity (Wildman–Crippen MR) is 108 cm³/mol. The van der Waals surface area contributed by atoms with Crippen LogP contribution in [0.3, 0.4) is 0 Å². The molecule has 7 nitrogen and oxygen atoms in total. The van der Waals surface area contributed by atoms with Crippen LogP contribution in [0.2, 0.25) is 0 Å². The van der Waals surface area contributed by atoms with E-state index in [4.69, 9.17) is 9.47 Å². The zero-order chi connectivity index (χ0) is 21.6. The topological polar surface area (TPSA) is 84.9 Å². The first-order valence-corrected chi connectivity index (χ1v) is 10.3. The van der Waals surface area contributed by atoms with Crippen molar-refractivity contribution in [3.8, 4) is 5.75 Å². The molecular formula is C20H25FN2O5S. The second-order valence-electron chi connectivity index (χ2n) is 6.57. The average Bonchev–Trinajstić information content (AvgIpc) is 2.67. The highest BCUT2D eigenvalue weighted by Crippen LogP contribution is 2.30. The van der Waals surface area contributed by atoms with Gasteiger partial charge in [-0.15, -0.1) is 0 Å². The summed E-state index contributed by atoms with van der Waals surface area (Å²) in [6, 6.07) is 9.32. The second kappa shape index (κ2) is 9.71. The van der Waals surface area contributed by atoms with E-state index in [1.165, 1.54) is 32.4 Å². The van der Waals surface area contributed by atoms with E-state index in [-0.39, 0.29) is 29.0 Å². The molecule has 1 N–H and O–H groups in total. The number of amides is 1. The highest BCUT2D eigenvalue weighted by Gasteiger charge is 2.30. The summed E-state index contributed by atoms with van der Waals surface area (Å²) in [4.78, 5) is 12.4. The number of anilines is 1. The van der Waals surface area contributed by atoms with Crippen LogP contribution >= 0.6 is 0 Å². The van der Waals surface area contributed by atoms with E-state index in [0.717, 1.165) is 16.4 Å². The van der Waals surface area contributed by atoms with Gasteiger partial charge < -0.3 is 14.8 Å². The summed E-state index contributed by atoms with van der Waals surface area (Å²) in [5, 5.41) is 2.68. The van der Waals surface area contributed by atoms with Crippen molar-refractivity contribution in [1.82, 2.24) is 5.32 Å². The molecule has 0 spiro atoms. The van der Waals surface area contributed by atoms with Gasteiger partial charge in [0.25, 0.3) is 10.0 Å². The maximum atomic E-state index is 13.4. The van der Waals surface area contributed by atoms with Gasteiger partial charge in [0.15, 0.2) is 0 Å². The number of carbonyl (C=O) groups excluding carboxylic acids is 1. The number of rotatable bonds is 9. The van der Waals surface area contributed by atoms with Gasteiger partial charge in [0.1, 0.15) is 23.0 Å². The number of hydrogen-bond acceptors (Lipinski definition) is 5. The lowest BCUT2D eigenvalue weighted by Gasteiger charge is -2.26. The molecule has 0 aliphatic rings. The highest BCUT2D eigenvalue weighted by atomic mass is 32.2. The van der Waals surface area contributed by atoms with Crippen molar-refractivity contribution >= 4 is 21.6 Å². The standard InChI is InChI=1S/C20H25FN2O5S/c1-14-5-10-18(28-4)19(11-14)29(25,26)23(17-8-6-16(21)7-9-17)12-20(24)22-15(2)13-27-3/h5-11,15H,12-13H2,1-4H3,(H,22,24)/t15-/m1/s1. The van der Waals surface area contributed by atoms with Gasteiger partial charge in [0, 0.05) is 13.2 Å². The molecule has 1 atom stereocenters. The van der Waals surface area contributed by atoms with E-state index >= 15 is 0 Å². The van der Waals surface area contributed by atoms with E-state index in [9.17, 15) is 17.6 Å². The molecule has 2 aromatic rings. The van der Waals surface area contributed by atoms with Crippen molar-refractivity contribution in [2.24, 2.45) is 0 Å². The number of nitrogens with zero attached hydrogens (tertiary/aromatic N) is 1. The van der Waals surface area contributed by atoms with Crippen LogP contribution in [0.5, 0.6) is 5.75 Å². The molecule has 0 heterocycles. The fourth-order valence-electron chi connectivity index (χ4n) is 2.77. The Kier molecular flexibility index (Phi) is 7.58. The molecule has 29 heavy (non-hydrogen) atoms. The van der Waals surface area contributed by atoms with Gasteiger partial charge in [-0.3, -0.25) is 9.10 Å². The van der Waals surface area contributed by atoms with Crippen LogP contribution in [-0.4, -0.2) is 47.7 Å². The van der Waals surface area contributed by atoms with E-state index in [2.05, 4.69) is 5.32 Å². The number of halogens is 1. The Bertz CT molecular complexity index is 948. The first-order valence-electron chi connectivity index (χ1n) is 8.90. The third-order valence-corrected chi connectivity index (χ3v) is 5.91. The van der Waals surface area contributed by atoms with Crippen molar-refractivity contribution in [2.75, 3.05) is 31.7 Å². The number of nitrogens with one attached hydrogen (secondary N) is 1. The Labute approximate surface area is 170 Å². The van der Waals surface area contributed by atoms with Gasteiger partial charge >= 0.3 is 0 Å². The minimum atomic E-state index is -4.18. The lowest BCUT2D eigenvalue weighted by molar-refractivity contribution is -0.120. The summed E-state index contributed by atoms with van der Waals surface area (Å²) in [6.07, 6.45) is 0. The van der Waals surface area contributed by atoms with Gasteiger partial charge in [0.05, 0.1) is 19.4 Å². The number of sulfonamides is 1. The molecule has 0 unspecified atom stereocenters. The zero-order valence-corrected chi connectivity index (χ0v) is 17.6. The first kappa shape index (κ1) is 22.6. The van der Waals surface area contributed by atoms with Crippen LogP contribution in [0, 0.1) is 12.7 Å². The van der Waals surface area contributed by atoms with Gasteiger partial charge in [-0.25, -0.2) is 12.8 Å². The SMILES string of the molecule is COC[C@@H](C)NC(=O)CN(c1ccc(F)cc1)S(=O)(=O)c1cc(C)ccc1OC. The van der Waals surface area contributed by atoms with E-state index in [1.807, 2.05) is 0 Å². The third kappa shape index (κ3) is 5.68. The molecule has 0 fully saturated rings. The van der Waals surface area contributed by atoms with Crippen molar-refractivity contribution in [3.63, 3.8) is 0 Å². The molecule has 9 heteroatoms. The monoisotopic (exact) mass is 424 g/mol. The Morgan fingerprint density at radius 1 is 1.17 bits per heavy atom. The summed E-state index contributed by atoms with van der Waals surface area (Å²) >= 11 is 0. The average molecular weight is 424 g/mol. The second-order valence-corrected chi connectivity index (χ2v) is 8.40. The maximum absolute atomic E-state index is 13.4. The third-order valence-electron chi connectivity index (χ3n) is 4.11. The number of benzene rings is 2. The smallest absolute Gasteiger partial charge is 0.268 e. The first-order chi connectivity index (χ1) is 13.7. The van der Waals surface area contributed by atoms with Crippen molar-refractivity contribution in [1.29, 1.82) is 0 Å². The Hall–Kier alpha value is -2.65. The predicted octanol–water partition coefficient (Wildman–Crippen LogP) is 2.49. The van der Waals surface area contributed by atoms with Gasteiger partial charge in [-0.2, -0.15) is 0 Å². The molecule has 0 aliphatic heterocycles. The molecule has 1 amide bonds. The number of ether oxygens (including phenoxy) is 2. The van der Waals surface area contributed by atoms with Crippen LogP contribution < -0.4 is 14.4 Å². The molecule has 0 aromatic heterocycles. The van der Waals surface area contributed by atoms with Crippen LogP contribution in [0.1, 0.15) is 12.5 Å². The van der Waals surface area contributed by atoms with E-state index < -0.39 is 28.3 Å². The lowest BCUT2D eigenvalue weighted by atomic mass is 10.2. The van der Waals surface area contributed by atoms with Crippen molar-refractivity contribution < 1.29 is 27.1 Å². The Morgan fingerprint density at radius 2 is 1.83 bits per heavy atom. The molecule has 0 saturated carbocycles. The fraction of sp³-hybridized carbons (Fsp3) is 0.350. The van der Waals surface area contributed by atoms with Crippen LogP contribution in [0.25, 0.3) is 0 Å². The molecular weight excluding hydrogens is 399 g/mol. The zero-order valence-electron chi connectivity index (χ0n) is 16.8. The Morgan fingerprint density at radius 3 is 2.41 bits per heavy atom. The minimum Gasteiger partial charge on any atom is -0.495 e. The molecule has 0 saturated heterocycles. The van der Waals surface area contributed by atoms with Gasteiger partial charge in [-0.1, -0.05) is 6.07 Å². The summed E-state index contributed by atoms with van der Waals surface area (Å²) in [5.74, 6) is -0.887. The van der Waals surface area contributed by atoms with Gasteiger partial charge in [0.2, 0.25) is 5.91 Å². The Balaban J connectivity index is 2.48. The maximum Gasteiger partial charge on any atom is 0.268 e. The number of hydrogen-bond donors (Lipinski definition) is 1. The lowest BCUT2D eigenvalue weighted by Crippen LogP contribution is -2.44. The largest absolute Gasteiger partial charge is 0.495 e. The molecule has 2 aromatic carbocycles. The molecule has 0 radical (unpaired) electrons. The number of aryl methyl sites for hydroxylation is 1. The molecule has 2 rings (SSSR count). The summed E-state index contributed by atoms with van der Waals surface area (Å²) in [6.45, 7) is 3.28. The number of carbonyl (C=O) groups is 1. The highest BCUT2D eigenvalue weighted by molar-refractivity contribution is 7.93. The van der Waals surface area contributed by atoms with Crippen LogP contribution in [0.4, 0.5) is 10.1 Å². The fourth-order valence-corrected chi connectivity index (χ4v) is 4.43. The summed E-state index contributed by atoms with van der Waals surface area (Å²) < 4.78 is 51.4. The van der Waals surface area contributed by atoms with Crippen LogP contribution in [0.15, 0.2) is 47.4 Å². The van der Waals surface area contributed by atoms with Crippen LogP contribution in [-0.2, 0) is 19.6 Å². The van der Waals surface area contributed by atoms with E-state index in [0.29, 0.717) is 5.56 Å². The summed E-state index contributed by atoms with van der Waals surface area (Å²) in [5.41, 5.74) is 0.867.